The summed E-state index contributed by atoms with van der Waals surface area (Å²) in [6.45, 7) is 2.43. The number of carbonyl (C=O) groups excluding carboxylic acids is 1. The van der Waals surface area contributed by atoms with Crippen LogP contribution in [-0.4, -0.2) is 30.0 Å². The van der Waals surface area contributed by atoms with Crippen molar-refractivity contribution in [2.24, 2.45) is 0 Å². The molecule has 0 spiro atoms. The van der Waals surface area contributed by atoms with Gasteiger partial charge in [-0.1, -0.05) is 15.9 Å². The first-order valence-electron chi connectivity index (χ1n) is 6.68. The molecule has 1 aromatic rings. The van der Waals surface area contributed by atoms with Gasteiger partial charge in [0.05, 0.1) is 5.75 Å². The number of nitrogens with one attached hydrogen (secondary N) is 2. The van der Waals surface area contributed by atoms with Crippen LogP contribution in [0.25, 0.3) is 0 Å². The summed E-state index contributed by atoms with van der Waals surface area (Å²) in [6, 6.07) is 4.48. The van der Waals surface area contributed by atoms with E-state index in [0.29, 0.717) is 17.5 Å². The van der Waals surface area contributed by atoms with Crippen molar-refractivity contribution in [1.29, 1.82) is 0 Å². The van der Waals surface area contributed by atoms with Crippen LogP contribution in [0.4, 0.5) is 4.39 Å². The normalized spacial score (nSPS) is 16.1. The monoisotopic (exact) mass is 360 g/mol. The summed E-state index contributed by atoms with van der Waals surface area (Å²) >= 11 is 5.06. The van der Waals surface area contributed by atoms with Gasteiger partial charge in [-0.2, -0.15) is 0 Å². The van der Waals surface area contributed by atoms with E-state index in [9.17, 15) is 9.18 Å². The molecule has 3 nitrogen and oxygen atoms in total. The molecule has 0 saturated carbocycles. The molecule has 2 N–H and O–H groups in total. The molecule has 1 aliphatic heterocycles. The number of piperidine rings is 1. The number of thioether (sulfide) groups is 1. The van der Waals surface area contributed by atoms with E-state index in [1.807, 2.05) is 0 Å². The Kier molecular flexibility index (Phi) is 6.32. The quantitative estimate of drug-likeness (QED) is 0.847. The summed E-state index contributed by atoms with van der Waals surface area (Å²) in [5.41, 5.74) is 0.755. The van der Waals surface area contributed by atoms with Crippen LogP contribution in [0.15, 0.2) is 22.7 Å². The van der Waals surface area contributed by atoms with E-state index < -0.39 is 0 Å². The Balaban J connectivity index is 1.73. The number of hydrogen-bond donors (Lipinski definition) is 2. The first-order chi connectivity index (χ1) is 9.65. The van der Waals surface area contributed by atoms with Gasteiger partial charge in [-0.15, -0.1) is 11.8 Å². The lowest BCUT2D eigenvalue weighted by molar-refractivity contribution is -0.118. The fraction of sp³-hybridized carbons (Fsp3) is 0.500. The number of carbonyl (C=O) groups is 1. The van der Waals surface area contributed by atoms with E-state index in [1.54, 1.807) is 17.8 Å². The molecule has 0 atom stereocenters. The summed E-state index contributed by atoms with van der Waals surface area (Å²) < 4.78 is 13.9. The molecule has 2 rings (SSSR count). The molecular formula is C14H18BrFN2OS. The third kappa shape index (κ3) is 5.07. The van der Waals surface area contributed by atoms with Gasteiger partial charge in [0.15, 0.2) is 0 Å². The van der Waals surface area contributed by atoms with Crippen LogP contribution in [0.1, 0.15) is 18.4 Å². The summed E-state index contributed by atoms with van der Waals surface area (Å²) in [7, 11) is 0. The molecular weight excluding hydrogens is 343 g/mol. The van der Waals surface area contributed by atoms with Gasteiger partial charge in [-0.3, -0.25) is 4.79 Å². The molecule has 0 aliphatic carbocycles. The van der Waals surface area contributed by atoms with Crippen LogP contribution in [0.3, 0.4) is 0 Å². The molecule has 0 unspecified atom stereocenters. The third-order valence-corrected chi connectivity index (χ3v) is 5.37. The van der Waals surface area contributed by atoms with Crippen molar-refractivity contribution in [1.82, 2.24) is 10.6 Å². The number of amides is 1. The predicted molar refractivity (Wildman–Crippen MR) is 84.3 cm³/mol. The van der Waals surface area contributed by atoms with Crippen molar-refractivity contribution >= 4 is 33.6 Å². The van der Waals surface area contributed by atoms with Crippen molar-refractivity contribution in [2.45, 2.75) is 24.6 Å². The van der Waals surface area contributed by atoms with Crippen LogP contribution in [-0.2, 0) is 11.3 Å². The molecule has 110 valence electrons. The van der Waals surface area contributed by atoms with Crippen LogP contribution in [0.2, 0.25) is 0 Å². The van der Waals surface area contributed by atoms with Crippen molar-refractivity contribution in [2.75, 3.05) is 18.8 Å². The Morgan fingerprint density at radius 3 is 2.95 bits per heavy atom. The maximum atomic E-state index is 13.1. The Morgan fingerprint density at radius 2 is 2.20 bits per heavy atom. The van der Waals surface area contributed by atoms with Crippen molar-refractivity contribution < 1.29 is 9.18 Å². The third-order valence-electron chi connectivity index (χ3n) is 3.22. The van der Waals surface area contributed by atoms with Gasteiger partial charge in [-0.05, 0) is 49.7 Å². The lowest BCUT2D eigenvalue weighted by Crippen LogP contribution is -2.31. The second-order valence-electron chi connectivity index (χ2n) is 4.77. The molecule has 0 radical (unpaired) electrons. The van der Waals surface area contributed by atoms with E-state index in [4.69, 9.17) is 0 Å². The molecule has 1 aromatic carbocycles. The minimum Gasteiger partial charge on any atom is -0.351 e. The van der Waals surface area contributed by atoms with E-state index in [1.165, 1.54) is 12.1 Å². The summed E-state index contributed by atoms with van der Waals surface area (Å²) in [6.07, 6.45) is 2.24. The lowest BCUT2D eigenvalue weighted by Gasteiger charge is -2.21. The summed E-state index contributed by atoms with van der Waals surface area (Å²) in [4.78, 5) is 11.8. The lowest BCUT2D eigenvalue weighted by atomic mass is 10.2. The molecule has 1 saturated heterocycles. The van der Waals surface area contributed by atoms with Gasteiger partial charge in [0.1, 0.15) is 5.82 Å². The number of halogens is 2. The standard InChI is InChI=1S/C14H18BrFN2OS/c15-13-2-1-11(16)7-10(13)8-18-14(19)9-20-12-3-5-17-6-4-12/h1-2,7,12,17H,3-6,8-9H2,(H,18,19). The Bertz CT molecular complexity index is 466. The first-order valence-corrected chi connectivity index (χ1v) is 8.52. The summed E-state index contributed by atoms with van der Waals surface area (Å²) in [5, 5.41) is 6.71. The largest absolute Gasteiger partial charge is 0.351 e. The van der Waals surface area contributed by atoms with Crippen molar-refractivity contribution in [3.63, 3.8) is 0 Å². The average Bonchev–Trinajstić information content (AvgIpc) is 2.47. The summed E-state index contributed by atoms with van der Waals surface area (Å²) in [5.74, 6) is 0.184. The van der Waals surface area contributed by atoms with E-state index in [-0.39, 0.29) is 11.7 Å². The van der Waals surface area contributed by atoms with Crippen LogP contribution >= 0.6 is 27.7 Å². The highest BCUT2D eigenvalue weighted by Gasteiger charge is 2.15. The van der Waals surface area contributed by atoms with Gasteiger partial charge in [0.25, 0.3) is 0 Å². The number of hydrogen-bond acceptors (Lipinski definition) is 3. The van der Waals surface area contributed by atoms with Crippen molar-refractivity contribution in [3.05, 3.63) is 34.1 Å². The Labute approximate surface area is 131 Å². The second kappa shape index (κ2) is 8.00. The Hall–Kier alpha value is -0.590. The van der Waals surface area contributed by atoms with Crippen LogP contribution < -0.4 is 10.6 Å². The molecule has 1 amide bonds. The fourth-order valence-corrected chi connectivity index (χ4v) is 3.52. The van der Waals surface area contributed by atoms with E-state index in [0.717, 1.165) is 36.0 Å². The van der Waals surface area contributed by atoms with Gasteiger partial charge < -0.3 is 10.6 Å². The minimum absolute atomic E-state index is 0.00435. The van der Waals surface area contributed by atoms with E-state index >= 15 is 0 Å². The molecule has 0 bridgehead atoms. The van der Waals surface area contributed by atoms with Gasteiger partial charge >= 0.3 is 0 Å². The Morgan fingerprint density at radius 1 is 1.45 bits per heavy atom. The topological polar surface area (TPSA) is 41.1 Å². The first kappa shape index (κ1) is 15.8. The zero-order valence-corrected chi connectivity index (χ0v) is 13.5. The molecule has 1 fully saturated rings. The van der Waals surface area contributed by atoms with Gasteiger partial charge in [0, 0.05) is 16.3 Å². The minimum atomic E-state index is -0.290. The van der Waals surface area contributed by atoms with Crippen molar-refractivity contribution in [3.8, 4) is 0 Å². The second-order valence-corrected chi connectivity index (χ2v) is 6.92. The maximum Gasteiger partial charge on any atom is 0.230 e. The fourth-order valence-electron chi connectivity index (χ4n) is 2.08. The highest BCUT2D eigenvalue weighted by Crippen LogP contribution is 2.20. The highest BCUT2D eigenvalue weighted by molar-refractivity contribution is 9.10. The van der Waals surface area contributed by atoms with Gasteiger partial charge in [-0.25, -0.2) is 4.39 Å². The van der Waals surface area contributed by atoms with Gasteiger partial charge in [0.2, 0.25) is 5.91 Å². The predicted octanol–water partition coefficient (Wildman–Crippen LogP) is 2.69. The average molecular weight is 361 g/mol. The highest BCUT2D eigenvalue weighted by atomic mass is 79.9. The smallest absolute Gasteiger partial charge is 0.230 e. The molecule has 1 aliphatic rings. The molecule has 20 heavy (non-hydrogen) atoms. The molecule has 1 heterocycles. The molecule has 6 heteroatoms. The number of benzene rings is 1. The maximum absolute atomic E-state index is 13.1. The van der Waals surface area contributed by atoms with Crippen LogP contribution in [0, 0.1) is 5.82 Å². The zero-order chi connectivity index (χ0) is 14.4. The van der Waals surface area contributed by atoms with Crippen LogP contribution in [0.5, 0.6) is 0 Å². The number of rotatable bonds is 5. The van der Waals surface area contributed by atoms with E-state index in [2.05, 4.69) is 26.6 Å². The zero-order valence-electron chi connectivity index (χ0n) is 11.1. The SMILES string of the molecule is O=C(CSC1CCNCC1)NCc1cc(F)ccc1Br. The molecule has 0 aromatic heterocycles.